The first-order valence-electron chi connectivity index (χ1n) is 8.88. The van der Waals surface area contributed by atoms with Crippen LogP contribution >= 0.6 is 0 Å². The maximum Gasteiger partial charge on any atom is 0.129 e. The van der Waals surface area contributed by atoms with Crippen molar-refractivity contribution in [3.63, 3.8) is 0 Å². The predicted molar refractivity (Wildman–Crippen MR) is 95.5 cm³/mol. The summed E-state index contributed by atoms with van der Waals surface area (Å²) in [6, 6.07) is 4.53. The minimum absolute atomic E-state index is 0.619. The number of aryl methyl sites for hydroxylation is 4. The van der Waals surface area contributed by atoms with E-state index in [1.807, 2.05) is 11.7 Å². The van der Waals surface area contributed by atoms with Gasteiger partial charge in [-0.05, 0) is 75.0 Å². The fourth-order valence-electron chi connectivity index (χ4n) is 4.36. The lowest BCUT2D eigenvalue weighted by Crippen LogP contribution is -2.07. The van der Waals surface area contributed by atoms with Gasteiger partial charge >= 0.3 is 0 Å². The van der Waals surface area contributed by atoms with Gasteiger partial charge in [0.1, 0.15) is 5.82 Å². The molecule has 23 heavy (non-hydrogen) atoms. The van der Waals surface area contributed by atoms with Gasteiger partial charge in [0.15, 0.2) is 0 Å². The lowest BCUT2D eigenvalue weighted by atomic mass is 9.86. The highest BCUT2D eigenvalue weighted by Crippen LogP contribution is 2.56. The summed E-state index contributed by atoms with van der Waals surface area (Å²) in [5.74, 6) is 3.11. The summed E-state index contributed by atoms with van der Waals surface area (Å²) >= 11 is 0. The van der Waals surface area contributed by atoms with Crippen molar-refractivity contribution in [2.45, 2.75) is 52.4 Å². The lowest BCUT2D eigenvalue weighted by molar-refractivity contribution is 0.516. The number of hydrogen-bond donors (Lipinski definition) is 1. The number of anilines is 1. The molecule has 4 rings (SSSR count). The second kappa shape index (κ2) is 5.12. The van der Waals surface area contributed by atoms with Crippen LogP contribution in [-0.4, -0.2) is 9.78 Å². The van der Waals surface area contributed by atoms with Gasteiger partial charge in [-0.15, -0.1) is 0 Å². The lowest BCUT2D eigenvalue weighted by Gasteiger charge is -2.18. The zero-order chi connectivity index (χ0) is 16.3. The van der Waals surface area contributed by atoms with Gasteiger partial charge in [0.05, 0.1) is 5.69 Å². The topological polar surface area (TPSA) is 43.8 Å². The highest BCUT2D eigenvalue weighted by molar-refractivity contribution is 5.82. The number of hydrogen-bond acceptors (Lipinski definition) is 2. The number of nitrogens with zero attached hydrogens (tertiary/aromatic N) is 2. The van der Waals surface area contributed by atoms with E-state index in [2.05, 4.69) is 32.9 Å². The third kappa shape index (κ3) is 2.46. The van der Waals surface area contributed by atoms with E-state index in [9.17, 15) is 0 Å². The van der Waals surface area contributed by atoms with Crippen LogP contribution in [0, 0.1) is 32.6 Å². The SMILES string of the molecule is Cc1cc(C)c(-c2c(C(C3CC3)C3CC3)nn(C)c2N)c(C)c1. The van der Waals surface area contributed by atoms with E-state index >= 15 is 0 Å². The molecule has 0 aliphatic heterocycles. The van der Waals surface area contributed by atoms with Crippen LogP contribution in [0.2, 0.25) is 0 Å². The fourth-order valence-corrected chi connectivity index (χ4v) is 4.36. The summed E-state index contributed by atoms with van der Waals surface area (Å²) in [6.07, 6.45) is 5.46. The Morgan fingerprint density at radius 2 is 1.52 bits per heavy atom. The molecule has 1 heterocycles. The molecule has 0 radical (unpaired) electrons. The third-order valence-corrected chi connectivity index (χ3v) is 5.62. The second-order valence-corrected chi connectivity index (χ2v) is 7.74. The van der Waals surface area contributed by atoms with Gasteiger partial charge in [-0.2, -0.15) is 5.10 Å². The number of nitrogen functional groups attached to an aromatic ring is 1. The van der Waals surface area contributed by atoms with E-state index in [0.29, 0.717) is 5.92 Å². The average Bonchev–Trinajstić information content (AvgIpc) is 3.35. The van der Waals surface area contributed by atoms with Crippen LogP contribution < -0.4 is 5.73 Å². The molecule has 2 aromatic rings. The molecule has 3 nitrogen and oxygen atoms in total. The van der Waals surface area contributed by atoms with E-state index in [1.165, 1.54) is 59.2 Å². The first-order chi connectivity index (χ1) is 11.0. The molecule has 2 aliphatic carbocycles. The van der Waals surface area contributed by atoms with E-state index in [-0.39, 0.29) is 0 Å². The van der Waals surface area contributed by atoms with Crippen LogP contribution in [0.3, 0.4) is 0 Å². The normalized spacial score (nSPS) is 18.0. The first kappa shape index (κ1) is 14.8. The number of nitrogens with two attached hydrogens (primary N) is 1. The van der Waals surface area contributed by atoms with Crippen molar-refractivity contribution in [2.75, 3.05) is 5.73 Å². The summed E-state index contributed by atoms with van der Waals surface area (Å²) in [7, 11) is 1.98. The Morgan fingerprint density at radius 3 is 2.00 bits per heavy atom. The standard InChI is InChI=1S/C20H27N3/c1-11-9-12(2)16(13(3)10-11)18-19(22-23(4)20(18)21)17(14-5-6-14)15-7-8-15/h9-10,14-15,17H,5-8,21H2,1-4H3. The van der Waals surface area contributed by atoms with E-state index in [1.54, 1.807) is 0 Å². The van der Waals surface area contributed by atoms with Gasteiger partial charge in [-0.3, -0.25) is 4.68 Å². The highest BCUT2D eigenvalue weighted by atomic mass is 15.3. The summed E-state index contributed by atoms with van der Waals surface area (Å²) in [5, 5.41) is 4.91. The Morgan fingerprint density at radius 1 is 1.00 bits per heavy atom. The molecule has 2 N–H and O–H groups in total. The van der Waals surface area contributed by atoms with Crippen LogP contribution in [-0.2, 0) is 7.05 Å². The molecule has 2 fully saturated rings. The van der Waals surface area contributed by atoms with Gasteiger partial charge in [0.25, 0.3) is 0 Å². The van der Waals surface area contributed by atoms with Crippen molar-refractivity contribution in [1.82, 2.24) is 9.78 Å². The Kier molecular flexibility index (Phi) is 3.29. The number of benzene rings is 1. The van der Waals surface area contributed by atoms with Gasteiger partial charge < -0.3 is 5.73 Å². The molecule has 2 saturated carbocycles. The van der Waals surface area contributed by atoms with Gasteiger partial charge in [0.2, 0.25) is 0 Å². The van der Waals surface area contributed by atoms with Crippen molar-refractivity contribution < 1.29 is 0 Å². The smallest absolute Gasteiger partial charge is 0.129 e. The van der Waals surface area contributed by atoms with Crippen LogP contribution in [0.25, 0.3) is 11.1 Å². The zero-order valence-corrected chi connectivity index (χ0v) is 14.7. The molecule has 0 saturated heterocycles. The molecule has 3 heteroatoms. The summed E-state index contributed by atoms with van der Waals surface area (Å²) < 4.78 is 1.89. The molecule has 0 amide bonds. The molecule has 0 atom stereocenters. The van der Waals surface area contributed by atoms with Crippen molar-refractivity contribution in [1.29, 1.82) is 0 Å². The van der Waals surface area contributed by atoms with Crippen LogP contribution in [0.1, 0.15) is 54.0 Å². The molecular formula is C20H27N3. The Balaban J connectivity index is 1.92. The Bertz CT molecular complexity index is 728. The van der Waals surface area contributed by atoms with Crippen molar-refractivity contribution in [3.8, 4) is 11.1 Å². The van der Waals surface area contributed by atoms with E-state index in [0.717, 1.165) is 17.7 Å². The van der Waals surface area contributed by atoms with Gasteiger partial charge in [-0.1, -0.05) is 17.7 Å². The van der Waals surface area contributed by atoms with Crippen molar-refractivity contribution in [2.24, 2.45) is 18.9 Å². The summed E-state index contributed by atoms with van der Waals surface area (Å²) in [5.41, 5.74) is 14.2. The van der Waals surface area contributed by atoms with Crippen molar-refractivity contribution >= 4 is 5.82 Å². The monoisotopic (exact) mass is 309 g/mol. The van der Waals surface area contributed by atoms with E-state index < -0.39 is 0 Å². The molecule has 0 spiro atoms. The fraction of sp³-hybridized carbons (Fsp3) is 0.550. The van der Waals surface area contributed by atoms with Gasteiger partial charge in [-0.25, -0.2) is 0 Å². The zero-order valence-electron chi connectivity index (χ0n) is 14.7. The molecule has 1 aromatic heterocycles. The number of rotatable bonds is 4. The largest absolute Gasteiger partial charge is 0.383 e. The first-order valence-corrected chi connectivity index (χ1v) is 8.88. The molecule has 122 valence electrons. The predicted octanol–water partition coefficient (Wildman–Crippen LogP) is 4.50. The minimum Gasteiger partial charge on any atom is -0.383 e. The van der Waals surface area contributed by atoms with Crippen LogP contribution in [0.15, 0.2) is 12.1 Å². The molecule has 0 unspecified atom stereocenters. The molecular weight excluding hydrogens is 282 g/mol. The van der Waals surface area contributed by atoms with E-state index in [4.69, 9.17) is 10.8 Å². The highest BCUT2D eigenvalue weighted by Gasteiger charge is 2.45. The minimum atomic E-state index is 0.619. The Labute approximate surface area is 138 Å². The second-order valence-electron chi connectivity index (χ2n) is 7.74. The maximum atomic E-state index is 6.49. The average molecular weight is 309 g/mol. The quantitative estimate of drug-likeness (QED) is 0.903. The van der Waals surface area contributed by atoms with Crippen LogP contribution in [0.5, 0.6) is 0 Å². The van der Waals surface area contributed by atoms with Gasteiger partial charge in [0, 0.05) is 18.5 Å². The maximum absolute atomic E-state index is 6.49. The third-order valence-electron chi connectivity index (χ3n) is 5.62. The molecule has 1 aromatic carbocycles. The summed E-state index contributed by atoms with van der Waals surface area (Å²) in [6.45, 7) is 6.57. The molecule has 2 aliphatic rings. The molecule has 0 bridgehead atoms. The van der Waals surface area contributed by atoms with Crippen molar-refractivity contribution in [3.05, 3.63) is 34.5 Å². The number of aromatic nitrogens is 2. The van der Waals surface area contributed by atoms with Crippen LogP contribution in [0.4, 0.5) is 5.82 Å². The Hall–Kier alpha value is -1.77. The summed E-state index contributed by atoms with van der Waals surface area (Å²) in [4.78, 5) is 0.